The Hall–Kier alpha value is -2.24. The van der Waals surface area contributed by atoms with Crippen LogP contribution in [0.4, 0.5) is 0 Å². The van der Waals surface area contributed by atoms with E-state index < -0.39 is 0 Å². The Bertz CT molecular complexity index is 637. The number of nitrogens with one attached hydrogen (secondary N) is 2. The van der Waals surface area contributed by atoms with Crippen LogP contribution < -0.4 is 14.8 Å². The van der Waals surface area contributed by atoms with E-state index in [0.717, 1.165) is 23.7 Å². The van der Waals surface area contributed by atoms with Gasteiger partial charge in [0.2, 0.25) is 0 Å². The zero-order chi connectivity index (χ0) is 15.9. The topological polar surface area (TPSA) is 76.2 Å². The Morgan fingerprint density at radius 2 is 1.91 bits per heavy atom. The van der Waals surface area contributed by atoms with Crippen LogP contribution in [0.5, 0.6) is 11.5 Å². The molecule has 1 amide bonds. The van der Waals surface area contributed by atoms with Gasteiger partial charge in [0, 0.05) is 18.0 Å². The van der Waals surface area contributed by atoms with E-state index in [1.54, 1.807) is 26.4 Å². The number of H-pyrrole nitrogens is 1. The summed E-state index contributed by atoms with van der Waals surface area (Å²) < 4.78 is 10.5. The summed E-state index contributed by atoms with van der Waals surface area (Å²) in [6.07, 6.45) is 4.49. The van der Waals surface area contributed by atoms with Gasteiger partial charge in [0.25, 0.3) is 5.91 Å². The first-order valence-electron chi connectivity index (χ1n) is 7.59. The molecule has 0 spiro atoms. The summed E-state index contributed by atoms with van der Waals surface area (Å²) in [5.41, 5.74) is 1.13. The van der Waals surface area contributed by atoms with Crippen LogP contribution in [0, 0.1) is 0 Å². The number of fused-ring (bicyclic) bond motifs is 1. The standard InChI is InChI=1S/C16H23N3O3/c1-4-5-6-7-8-17-16(20)15-11-9-13(21-2)14(22-3)10-12(11)18-19-15/h9-10H,4-8H2,1-3H3,(H,17,20)(H,18,19). The van der Waals surface area contributed by atoms with Crippen molar-refractivity contribution >= 4 is 16.8 Å². The van der Waals surface area contributed by atoms with Gasteiger partial charge in [-0.15, -0.1) is 0 Å². The van der Waals surface area contributed by atoms with E-state index in [2.05, 4.69) is 22.4 Å². The molecule has 0 radical (unpaired) electrons. The predicted octanol–water partition coefficient (Wildman–Crippen LogP) is 2.89. The van der Waals surface area contributed by atoms with Gasteiger partial charge in [0.15, 0.2) is 17.2 Å². The Kier molecular flexibility index (Phi) is 5.63. The molecule has 22 heavy (non-hydrogen) atoms. The van der Waals surface area contributed by atoms with Gasteiger partial charge in [0.05, 0.1) is 19.7 Å². The average molecular weight is 305 g/mol. The number of hydrogen-bond donors (Lipinski definition) is 2. The Labute approximate surface area is 130 Å². The first kappa shape index (κ1) is 16.1. The molecule has 0 saturated carbocycles. The SMILES string of the molecule is CCCCCCNC(=O)c1n[nH]c2cc(OC)c(OC)cc12. The number of hydrogen-bond acceptors (Lipinski definition) is 4. The number of nitrogens with zero attached hydrogens (tertiary/aromatic N) is 1. The van der Waals surface area contributed by atoms with Crippen LogP contribution in [-0.2, 0) is 0 Å². The lowest BCUT2D eigenvalue weighted by Crippen LogP contribution is -2.25. The second kappa shape index (κ2) is 7.68. The third kappa shape index (κ3) is 3.50. The molecule has 0 saturated heterocycles. The second-order valence-corrected chi connectivity index (χ2v) is 5.14. The summed E-state index contributed by atoms with van der Waals surface area (Å²) in [4.78, 5) is 12.2. The first-order chi connectivity index (χ1) is 10.7. The Balaban J connectivity index is 2.12. The van der Waals surface area contributed by atoms with Crippen molar-refractivity contribution in [2.75, 3.05) is 20.8 Å². The maximum Gasteiger partial charge on any atom is 0.272 e. The van der Waals surface area contributed by atoms with Gasteiger partial charge in [-0.1, -0.05) is 26.2 Å². The predicted molar refractivity (Wildman–Crippen MR) is 85.7 cm³/mol. The van der Waals surface area contributed by atoms with Crippen LogP contribution in [0.15, 0.2) is 12.1 Å². The summed E-state index contributed by atoms with van der Waals surface area (Å²) in [7, 11) is 3.14. The van der Waals surface area contributed by atoms with E-state index in [4.69, 9.17) is 9.47 Å². The molecule has 2 N–H and O–H groups in total. The molecule has 0 aliphatic rings. The highest BCUT2D eigenvalue weighted by Gasteiger charge is 2.16. The van der Waals surface area contributed by atoms with Crippen LogP contribution >= 0.6 is 0 Å². The molecule has 120 valence electrons. The molecule has 1 aromatic carbocycles. The molecule has 0 atom stereocenters. The van der Waals surface area contributed by atoms with Gasteiger partial charge in [-0.3, -0.25) is 9.89 Å². The van der Waals surface area contributed by atoms with E-state index in [1.807, 2.05) is 0 Å². The molecular formula is C16H23N3O3. The number of carbonyl (C=O) groups is 1. The van der Waals surface area contributed by atoms with Crippen molar-refractivity contribution in [2.24, 2.45) is 0 Å². The molecule has 0 bridgehead atoms. The van der Waals surface area contributed by atoms with Crippen molar-refractivity contribution < 1.29 is 14.3 Å². The summed E-state index contributed by atoms with van der Waals surface area (Å²) in [5, 5.41) is 10.6. The van der Waals surface area contributed by atoms with Crippen molar-refractivity contribution in [1.82, 2.24) is 15.5 Å². The molecule has 0 aliphatic carbocycles. The summed E-state index contributed by atoms with van der Waals surface area (Å²) in [5.74, 6) is 1.01. The Morgan fingerprint density at radius 3 is 2.59 bits per heavy atom. The number of methoxy groups -OCH3 is 2. The summed E-state index contributed by atoms with van der Waals surface area (Å²) in [6.45, 7) is 2.83. The number of ether oxygens (including phenoxy) is 2. The minimum absolute atomic E-state index is 0.171. The lowest BCUT2D eigenvalue weighted by atomic mass is 10.1. The minimum Gasteiger partial charge on any atom is -0.493 e. The maximum absolute atomic E-state index is 12.2. The number of aromatic amines is 1. The van der Waals surface area contributed by atoms with Crippen LogP contribution in [0.25, 0.3) is 10.9 Å². The third-order valence-corrected chi connectivity index (χ3v) is 3.60. The van der Waals surface area contributed by atoms with Crippen LogP contribution in [-0.4, -0.2) is 36.9 Å². The van der Waals surface area contributed by atoms with Gasteiger partial charge >= 0.3 is 0 Å². The maximum atomic E-state index is 12.2. The zero-order valence-corrected chi connectivity index (χ0v) is 13.4. The van der Waals surface area contributed by atoms with Crippen LogP contribution in [0.3, 0.4) is 0 Å². The quantitative estimate of drug-likeness (QED) is 0.735. The van der Waals surface area contributed by atoms with Crippen molar-refractivity contribution in [1.29, 1.82) is 0 Å². The number of amides is 1. The number of aromatic nitrogens is 2. The number of unbranched alkanes of at least 4 members (excludes halogenated alkanes) is 3. The number of rotatable bonds is 8. The molecule has 6 nitrogen and oxygen atoms in total. The fraction of sp³-hybridized carbons (Fsp3) is 0.500. The molecule has 6 heteroatoms. The smallest absolute Gasteiger partial charge is 0.272 e. The lowest BCUT2D eigenvalue weighted by Gasteiger charge is -2.07. The normalized spacial score (nSPS) is 10.7. The molecule has 0 unspecified atom stereocenters. The molecule has 0 fully saturated rings. The van der Waals surface area contributed by atoms with Crippen molar-refractivity contribution in [3.8, 4) is 11.5 Å². The van der Waals surface area contributed by atoms with Gasteiger partial charge in [-0.2, -0.15) is 5.10 Å². The monoisotopic (exact) mass is 305 g/mol. The highest BCUT2D eigenvalue weighted by Crippen LogP contribution is 2.32. The molecule has 1 aromatic heterocycles. The van der Waals surface area contributed by atoms with Crippen LogP contribution in [0.1, 0.15) is 43.1 Å². The molecule has 2 aromatic rings. The zero-order valence-electron chi connectivity index (χ0n) is 13.4. The van der Waals surface area contributed by atoms with Gasteiger partial charge < -0.3 is 14.8 Å². The van der Waals surface area contributed by atoms with Gasteiger partial charge in [-0.05, 0) is 12.5 Å². The van der Waals surface area contributed by atoms with E-state index in [0.29, 0.717) is 23.7 Å². The molecule has 2 rings (SSSR count). The first-order valence-corrected chi connectivity index (χ1v) is 7.59. The van der Waals surface area contributed by atoms with E-state index in [1.165, 1.54) is 12.8 Å². The minimum atomic E-state index is -0.171. The van der Waals surface area contributed by atoms with Crippen molar-refractivity contribution in [3.63, 3.8) is 0 Å². The van der Waals surface area contributed by atoms with Crippen molar-refractivity contribution in [3.05, 3.63) is 17.8 Å². The molecule has 1 heterocycles. The lowest BCUT2D eigenvalue weighted by molar-refractivity contribution is 0.0949. The average Bonchev–Trinajstić information content (AvgIpc) is 2.95. The molecule has 0 aliphatic heterocycles. The van der Waals surface area contributed by atoms with Crippen molar-refractivity contribution in [2.45, 2.75) is 32.6 Å². The van der Waals surface area contributed by atoms with Gasteiger partial charge in [-0.25, -0.2) is 0 Å². The highest BCUT2D eigenvalue weighted by atomic mass is 16.5. The molecular weight excluding hydrogens is 282 g/mol. The van der Waals surface area contributed by atoms with E-state index >= 15 is 0 Å². The Morgan fingerprint density at radius 1 is 1.18 bits per heavy atom. The van der Waals surface area contributed by atoms with Gasteiger partial charge in [0.1, 0.15) is 0 Å². The third-order valence-electron chi connectivity index (χ3n) is 3.60. The second-order valence-electron chi connectivity index (χ2n) is 5.14. The number of benzene rings is 1. The largest absolute Gasteiger partial charge is 0.493 e. The van der Waals surface area contributed by atoms with E-state index in [9.17, 15) is 4.79 Å². The number of carbonyl (C=O) groups excluding carboxylic acids is 1. The highest BCUT2D eigenvalue weighted by molar-refractivity contribution is 6.05. The fourth-order valence-electron chi connectivity index (χ4n) is 2.35. The van der Waals surface area contributed by atoms with E-state index in [-0.39, 0.29) is 5.91 Å². The van der Waals surface area contributed by atoms with Crippen LogP contribution in [0.2, 0.25) is 0 Å². The summed E-state index contributed by atoms with van der Waals surface area (Å²) >= 11 is 0. The fourth-order valence-corrected chi connectivity index (χ4v) is 2.35. The summed E-state index contributed by atoms with van der Waals surface area (Å²) in [6, 6.07) is 3.54.